The number of pyridine rings is 1. The summed E-state index contributed by atoms with van der Waals surface area (Å²) >= 11 is 0.699. The highest BCUT2D eigenvalue weighted by atomic mass is 32.1. The van der Waals surface area contributed by atoms with Gasteiger partial charge in [-0.05, 0) is 23.7 Å². The zero-order valence-corrected chi connectivity index (χ0v) is 9.94. The van der Waals surface area contributed by atoms with Crippen LogP contribution >= 0.6 is 11.5 Å². The van der Waals surface area contributed by atoms with Crippen molar-refractivity contribution in [2.24, 2.45) is 0 Å². The van der Waals surface area contributed by atoms with E-state index in [1.54, 1.807) is 0 Å². The molecule has 0 aliphatic heterocycles. The zero-order chi connectivity index (χ0) is 13.6. The van der Waals surface area contributed by atoms with Crippen LogP contribution in [0.25, 0.3) is 22.2 Å². The van der Waals surface area contributed by atoms with Gasteiger partial charge in [-0.15, -0.1) is 0 Å². The maximum absolute atomic E-state index is 13.1. The van der Waals surface area contributed by atoms with E-state index in [9.17, 15) is 17.6 Å². The monoisotopic (exact) mass is 287 g/mol. The van der Waals surface area contributed by atoms with Crippen molar-refractivity contribution in [2.45, 2.75) is 6.18 Å². The third kappa shape index (κ3) is 1.97. The predicted molar refractivity (Wildman–Crippen MR) is 62.2 cm³/mol. The third-order valence-corrected chi connectivity index (χ3v) is 3.25. The number of nitrogens with one attached hydrogen (secondary N) is 1. The number of nitrogens with zero attached hydrogens (tertiary/aromatic N) is 2. The van der Waals surface area contributed by atoms with Crippen molar-refractivity contribution in [3.05, 3.63) is 35.4 Å². The van der Waals surface area contributed by atoms with Crippen LogP contribution in [0.2, 0.25) is 0 Å². The molecule has 8 heteroatoms. The van der Waals surface area contributed by atoms with Crippen LogP contribution in [-0.4, -0.2) is 14.3 Å². The van der Waals surface area contributed by atoms with E-state index in [2.05, 4.69) is 14.3 Å². The molecule has 3 nitrogen and oxygen atoms in total. The highest BCUT2D eigenvalue weighted by Gasteiger charge is 2.37. The Hall–Kier alpha value is -1.96. The molecule has 1 N–H and O–H groups in total. The Morgan fingerprint density at radius 1 is 1.16 bits per heavy atom. The lowest BCUT2D eigenvalue weighted by Crippen LogP contribution is -2.06. The first-order valence-corrected chi connectivity index (χ1v) is 5.96. The smallest absolute Gasteiger partial charge is 0.359 e. The molecule has 0 aromatic carbocycles. The number of aromatic amines is 1. The minimum Gasteiger partial charge on any atom is -0.359 e. The summed E-state index contributed by atoms with van der Waals surface area (Å²) in [5.41, 5.74) is -0.261. The maximum Gasteiger partial charge on any atom is 0.435 e. The molecule has 3 aromatic heterocycles. The van der Waals surface area contributed by atoms with Crippen LogP contribution in [-0.2, 0) is 6.18 Å². The molecule has 0 saturated carbocycles. The molecule has 0 aliphatic carbocycles. The molecule has 0 atom stereocenters. The summed E-state index contributed by atoms with van der Waals surface area (Å²) in [6.45, 7) is 0. The minimum absolute atomic E-state index is 0.0955. The number of alkyl halides is 3. The Morgan fingerprint density at radius 2 is 1.95 bits per heavy atom. The second-order valence-corrected chi connectivity index (χ2v) is 4.44. The Morgan fingerprint density at radius 3 is 2.68 bits per heavy atom. The molecular weight excluding hydrogens is 282 g/mol. The third-order valence-electron chi connectivity index (χ3n) is 2.62. The summed E-state index contributed by atoms with van der Waals surface area (Å²) in [5.74, 6) is -0.745. The first-order valence-electron chi connectivity index (χ1n) is 5.12. The van der Waals surface area contributed by atoms with E-state index >= 15 is 0 Å². The van der Waals surface area contributed by atoms with Crippen molar-refractivity contribution in [3.8, 4) is 11.1 Å². The van der Waals surface area contributed by atoms with E-state index in [0.29, 0.717) is 17.0 Å². The summed E-state index contributed by atoms with van der Waals surface area (Å²) in [6.07, 6.45) is -3.18. The van der Waals surface area contributed by atoms with Gasteiger partial charge in [-0.1, -0.05) is 0 Å². The molecule has 0 spiro atoms. The average Bonchev–Trinajstić information content (AvgIpc) is 2.91. The second-order valence-electron chi connectivity index (χ2n) is 3.81. The van der Waals surface area contributed by atoms with Gasteiger partial charge >= 0.3 is 6.18 Å². The highest BCUT2D eigenvalue weighted by Crippen LogP contribution is 2.39. The molecule has 0 bridgehead atoms. The fraction of sp³-hybridized carbons (Fsp3) is 0.0909. The first-order chi connectivity index (χ1) is 8.97. The molecule has 3 heterocycles. The summed E-state index contributed by atoms with van der Waals surface area (Å²) in [6, 6.07) is 2.56. The van der Waals surface area contributed by atoms with E-state index in [1.807, 2.05) is 0 Å². The molecule has 0 radical (unpaired) electrons. The van der Waals surface area contributed by atoms with Crippen molar-refractivity contribution in [1.29, 1.82) is 0 Å². The number of halogens is 4. The predicted octanol–water partition coefficient (Wildman–Crippen LogP) is 3.84. The van der Waals surface area contributed by atoms with Gasteiger partial charge in [0.2, 0.25) is 5.95 Å². The van der Waals surface area contributed by atoms with Crippen LogP contribution in [0.3, 0.4) is 0 Å². The lowest BCUT2D eigenvalue weighted by Gasteiger charge is -2.05. The highest BCUT2D eigenvalue weighted by molar-refractivity contribution is 7.04. The van der Waals surface area contributed by atoms with E-state index < -0.39 is 17.8 Å². The minimum atomic E-state index is -4.55. The summed E-state index contributed by atoms with van der Waals surface area (Å²) in [7, 11) is 0. The van der Waals surface area contributed by atoms with E-state index in [0.717, 1.165) is 6.07 Å². The van der Waals surface area contributed by atoms with Gasteiger partial charge in [0.25, 0.3) is 0 Å². The van der Waals surface area contributed by atoms with Crippen molar-refractivity contribution in [3.63, 3.8) is 0 Å². The summed E-state index contributed by atoms with van der Waals surface area (Å²) in [5, 5.41) is 1.28. The zero-order valence-electron chi connectivity index (χ0n) is 9.12. The molecule has 3 aromatic rings. The lowest BCUT2D eigenvalue weighted by molar-refractivity contribution is -0.139. The first kappa shape index (κ1) is 12.1. The van der Waals surface area contributed by atoms with Crippen LogP contribution < -0.4 is 0 Å². The van der Waals surface area contributed by atoms with Crippen molar-refractivity contribution >= 4 is 22.6 Å². The van der Waals surface area contributed by atoms with Gasteiger partial charge in [0, 0.05) is 22.7 Å². The fourth-order valence-electron chi connectivity index (χ4n) is 1.81. The maximum atomic E-state index is 13.1. The number of rotatable bonds is 1. The molecule has 3 rings (SSSR count). The molecule has 0 aliphatic rings. The normalized spacial score (nSPS) is 12.2. The number of fused-ring (bicyclic) bond motifs is 1. The largest absolute Gasteiger partial charge is 0.435 e. The van der Waals surface area contributed by atoms with Crippen molar-refractivity contribution in [1.82, 2.24) is 14.3 Å². The number of hydrogen-bond acceptors (Lipinski definition) is 3. The SMILES string of the molecule is Fc1ccc2[nH]cc(-c3csnc3C(F)(F)F)c2n1. The van der Waals surface area contributed by atoms with E-state index in [-0.39, 0.29) is 16.6 Å². The average molecular weight is 287 g/mol. The quantitative estimate of drug-likeness (QED) is 0.545. The van der Waals surface area contributed by atoms with Gasteiger partial charge in [0.1, 0.15) is 0 Å². The van der Waals surface area contributed by atoms with Gasteiger partial charge in [-0.2, -0.15) is 21.9 Å². The van der Waals surface area contributed by atoms with Crippen molar-refractivity contribution < 1.29 is 17.6 Å². The number of H-pyrrole nitrogens is 1. The second kappa shape index (κ2) is 4.02. The summed E-state index contributed by atoms with van der Waals surface area (Å²) < 4.78 is 54.8. The van der Waals surface area contributed by atoms with Crippen LogP contribution in [0.1, 0.15) is 5.69 Å². The fourth-order valence-corrected chi connectivity index (χ4v) is 2.52. The lowest BCUT2D eigenvalue weighted by atomic mass is 10.1. The Bertz CT molecular complexity index is 744. The standard InChI is InChI=1S/C11H5F4N3S/c12-8-2-1-7-9(17-8)5(3-16-7)6-4-19-18-10(6)11(13,14)15/h1-4,16H. The molecule has 19 heavy (non-hydrogen) atoms. The van der Waals surface area contributed by atoms with Crippen LogP contribution in [0, 0.1) is 5.95 Å². The number of hydrogen-bond donors (Lipinski definition) is 1. The van der Waals surface area contributed by atoms with Gasteiger partial charge in [0.05, 0.1) is 11.0 Å². The Kier molecular flexibility index (Phi) is 2.56. The Balaban J connectivity index is 2.26. The van der Waals surface area contributed by atoms with Crippen LogP contribution in [0.5, 0.6) is 0 Å². The van der Waals surface area contributed by atoms with Crippen LogP contribution in [0.15, 0.2) is 23.7 Å². The van der Waals surface area contributed by atoms with Crippen molar-refractivity contribution in [2.75, 3.05) is 0 Å². The van der Waals surface area contributed by atoms with Gasteiger partial charge in [-0.3, -0.25) is 0 Å². The summed E-state index contributed by atoms with van der Waals surface area (Å²) in [4.78, 5) is 6.39. The topological polar surface area (TPSA) is 41.6 Å². The Labute approximate surface area is 108 Å². The molecular formula is C11H5F4N3S. The molecule has 0 unspecified atom stereocenters. The number of aromatic nitrogens is 3. The molecule has 0 saturated heterocycles. The van der Waals surface area contributed by atoms with Gasteiger partial charge in [0.15, 0.2) is 5.69 Å². The molecule has 0 fully saturated rings. The van der Waals surface area contributed by atoms with E-state index in [4.69, 9.17) is 0 Å². The van der Waals surface area contributed by atoms with E-state index in [1.165, 1.54) is 17.6 Å². The van der Waals surface area contributed by atoms with Gasteiger partial charge in [-0.25, -0.2) is 4.98 Å². The molecule has 0 amide bonds. The van der Waals surface area contributed by atoms with Gasteiger partial charge < -0.3 is 4.98 Å². The molecule has 98 valence electrons. The van der Waals surface area contributed by atoms with Crippen LogP contribution in [0.4, 0.5) is 17.6 Å².